The van der Waals surface area contributed by atoms with Gasteiger partial charge in [-0.15, -0.1) is 0 Å². The van der Waals surface area contributed by atoms with Crippen LogP contribution in [0, 0.1) is 6.92 Å². The van der Waals surface area contributed by atoms with Crippen LogP contribution >= 0.6 is 11.5 Å². The molecule has 0 radical (unpaired) electrons. The Labute approximate surface area is 100 Å². The molecule has 1 aromatic rings. The quantitative estimate of drug-likeness (QED) is 0.615. The van der Waals surface area contributed by atoms with Gasteiger partial charge in [0.15, 0.2) is 0 Å². The van der Waals surface area contributed by atoms with E-state index in [0.717, 1.165) is 30.0 Å². The largest absolute Gasteiger partial charge is 0.462 e. The van der Waals surface area contributed by atoms with Crippen LogP contribution in [0.4, 0.5) is 5.00 Å². The second kappa shape index (κ2) is 6.48. The van der Waals surface area contributed by atoms with Gasteiger partial charge in [-0.05, 0) is 24.9 Å². The van der Waals surface area contributed by atoms with E-state index in [9.17, 15) is 4.79 Å². The van der Waals surface area contributed by atoms with Gasteiger partial charge in [-0.1, -0.05) is 19.8 Å². The van der Waals surface area contributed by atoms with E-state index in [1.54, 1.807) is 7.05 Å². The molecule has 0 bridgehead atoms. The highest BCUT2D eigenvalue weighted by molar-refractivity contribution is 7.10. The second-order valence-corrected chi connectivity index (χ2v) is 4.34. The van der Waals surface area contributed by atoms with Gasteiger partial charge in [-0.2, -0.15) is 4.37 Å². The van der Waals surface area contributed by atoms with E-state index in [4.69, 9.17) is 4.74 Å². The normalized spacial score (nSPS) is 10.2. The van der Waals surface area contributed by atoms with Gasteiger partial charge in [-0.3, -0.25) is 0 Å². The predicted molar refractivity (Wildman–Crippen MR) is 66.2 cm³/mol. The van der Waals surface area contributed by atoms with Gasteiger partial charge in [0.2, 0.25) is 0 Å². The van der Waals surface area contributed by atoms with E-state index in [-0.39, 0.29) is 5.97 Å². The lowest BCUT2D eigenvalue weighted by molar-refractivity contribution is 0.0498. The molecule has 16 heavy (non-hydrogen) atoms. The molecule has 90 valence electrons. The van der Waals surface area contributed by atoms with Crippen LogP contribution in [0.1, 0.15) is 42.2 Å². The average Bonchev–Trinajstić information content (AvgIpc) is 2.65. The van der Waals surface area contributed by atoms with E-state index < -0.39 is 0 Å². The number of carbonyl (C=O) groups is 1. The monoisotopic (exact) mass is 242 g/mol. The summed E-state index contributed by atoms with van der Waals surface area (Å²) in [7, 11) is 1.78. The van der Waals surface area contributed by atoms with Gasteiger partial charge in [-0.25, -0.2) is 4.79 Å². The summed E-state index contributed by atoms with van der Waals surface area (Å²) >= 11 is 1.29. The van der Waals surface area contributed by atoms with Crippen molar-refractivity contribution < 1.29 is 9.53 Å². The number of nitrogens with zero attached hydrogens (tertiary/aromatic N) is 1. The molecule has 1 rings (SSSR count). The minimum atomic E-state index is -0.272. The first-order valence-corrected chi connectivity index (χ1v) is 6.29. The molecule has 0 amide bonds. The number of aromatic nitrogens is 1. The highest BCUT2D eigenvalue weighted by Gasteiger charge is 2.18. The van der Waals surface area contributed by atoms with Crippen molar-refractivity contribution in [2.75, 3.05) is 19.0 Å². The summed E-state index contributed by atoms with van der Waals surface area (Å²) in [4.78, 5) is 11.8. The molecule has 0 fully saturated rings. The number of hydrogen-bond donors (Lipinski definition) is 1. The number of unbranched alkanes of at least 4 members (excludes halogenated alkanes) is 2. The molecule has 0 atom stereocenters. The standard InChI is InChI=1S/C11H18N2O2S/c1-4-5-6-7-15-11(14)9-8(2)13-16-10(9)12-3/h12H,4-7H2,1-3H3. The van der Waals surface area contributed by atoms with Crippen LogP contribution in [0.5, 0.6) is 0 Å². The Kier molecular flexibility index (Phi) is 5.25. The summed E-state index contributed by atoms with van der Waals surface area (Å²) in [6, 6.07) is 0. The van der Waals surface area contributed by atoms with Crippen LogP contribution < -0.4 is 5.32 Å². The van der Waals surface area contributed by atoms with Crippen LogP contribution in [-0.2, 0) is 4.74 Å². The zero-order valence-electron chi connectivity index (χ0n) is 10.0. The van der Waals surface area contributed by atoms with Crippen LogP contribution in [0.15, 0.2) is 0 Å². The van der Waals surface area contributed by atoms with Gasteiger partial charge < -0.3 is 10.1 Å². The summed E-state index contributed by atoms with van der Waals surface area (Å²) in [5.41, 5.74) is 1.30. The van der Waals surface area contributed by atoms with Crippen molar-refractivity contribution in [1.29, 1.82) is 0 Å². The molecule has 0 aliphatic heterocycles. The highest BCUT2D eigenvalue weighted by atomic mass is 32.1. The number of ether oxygens (including phenoxy) is 1. The first-order valence-electron chi connectivity index (χ1n) is 5.51. The van der Waals surface area contributed by atoms with E-state index in [0.29, 0.717) is 12.2 Å². The van der Waals surface area contributed by atoms with Crippen molar-refractivity contribution in [1.82, 2.24) is 4.37 Å². The first-order chi connectivity index (χ1) is 7.70. The summed E-state index contributed by atoms with van der Waals surface area (Å²) in [5, 5.41) is 3.73. The predicted octanol–water partition coefficient (Wildman–Crippen LogP) is 2.84. The third-order valence-corrected chi connectivity index (χ3v) is 3.23. The summed E-state index contributed by atoms with van der Waals surface area (Å²) in [6.07, 6.45) is 3.14. The van der Waals surface area contributed by atoms with Crippen LogP contribution in [-0.4, -0.2) is 24.0 Å². The summed E-state index contributed by atoms with van der Waals surface area (Å²) in [5.74, 6) is -0.272. The molecule has 0 spiro atoms. The number of hydrogen-bond acceptors (Lipinski definition) is 5. The molecule has 0 aliphatic rings. The van der Waals surface area contributed by atoms with Gasteiger partial charge in [0.1, 0.15) is 10.6 Å². The van der Waals surface area contributed by atoms with E-state index >= 15 is 0 Å². The Balaban J connectivity index is 2.55. The molecule has 0 saturated carbocycles. The van der Waals surface area contributed by atoms with Crippen LogP contribution in [0.3, 0.4) is 0 Å². The molecule has 1 N–H and O–H groups in total. The Morgan fingerprint density at radius 3 is 2.88 bits per heavy atom. The fraction of sp³-hybridized carbons (Fsp3) is 0.636. The molecule has 1 heterocycles. The maximum Gasteiger partial charge on any atom is 0.343 e. The molecule has 0 unspecified atom stereocenters. The smallest absolute Gasteiger partial charge is 0.343 e. The lowest BCUT2D eigenvalue weighted by atomic mass is 10.2. The van der Waals surface area contributed by atoms with Crippen molar-refractivity contribution >= 4 is 22.5 Å². The number of carbonyl (C=O) groups excluding carboxylic acids is 1. The molecule has 0 aliphatic carbocycles. The average molecular weight is 242 g/mol. The topological polar surface area (TPSA) is 51.2 Å². The second-order valence-electron chi connectivity index (χ2n) is 3.57. The number of esters is 1. The SMILES string of the molecule is CCCCCOC(=O)c1c(C)nsc1NC. The van der Waals surface area contributed by atoms with Crippen molar-refractivity contribution in [3.8, 4) is 0 Å². The molecular formula is C11H18N2O2S. The first kappa shape index (κ1) is 13.0. The number of aryl methyl sites for hydroxylation is 1. The minimum absolute atomic E-state index is 0.272. The van der Waals surface area contributed by atoms with Crippen molar-refractivity contribution in [2.45, 2.75) is 33.1 Å². The van der Waals surface area contributed by atoms with E-state index in [1.807, 2.05) is 6.92 Å². The van der Waals surface area contributed by atoms with Crippen LogP contribution in [0.25, 0.3) is 0 Å². The van der Waals surface area contributed by atoms with Gasteiger partial charge in [0, 0.05) is 7.05 Å². The highest BCUT2D eigenvalue weighted by Crippen LogP contribution is 2.24. The van der Waals surface area contributed by atoms with Gasteiger partial charge in [0.05, 0.1) is 12.3 Å². The lowest BCUT2D eigenvalue weighted by Crippen LogP contribution is -2.09. The minimum Gasteiger partial charge on any atom is -0.462 e. The molecule has 4 nitrogen and oxygen atoms in total. The summed E-state index contributed by atoms with van der Waals surface area (Å²) < 4.78 is 9.33. The molecule has 1 aromatic heterocycles. The van der Waals surface area contributed by atoms with Gasteiger partial charge in [0.25, 0.3) is 0 Å². The van der Waals surface area contributed by atoms with Crippen molar-refractivity contribution in [3.63, 3.8) is 0 Å². The molecular weight excluding hydrogens is 224 g/mol. The Morgan fingerprint density at radius 1 is 1.50 bits per heavy atom. The van der Waals surface area contributed by atoms with Crippen molar-refractivity contribution in [2.24, 2.45) is 0 Å². The van der Waals surface area contributed by atoms with E-state index in [2.05, 4.69) is 16.6 Å². The summed E-state index contributed by atoms with van der Waals surface area (Å²) in [6.45, 7) is 4.43. The zero-order valence-corrected chi connectivity index (χ0v) is 10.8. The van der Waals surface area contributed by atoms with Crippen molar-refractivity contribution in [3.05, 3.63) is 11.3 Å². The lowest BCUT2D eigenvalue weighted by Gasteiger charge is -2.05. The van der Waals surface area contributed by atoms with Crippen LogP contribution in [0.2, 0.25) is 0 Å². The Bertz CT molecular complexity index is 350. The number of anilines is 1. The maximum atomic E-state index is 11.8. The molecule has 0 aromatic carbocycles. The maximum absolute atomic E-state index is 11.8. The fourth-order valence-electron chi connectivity index (χ4n) is 1.37. The van der Waals surface area contributed by atoms with Gasteiger partial charge >= 0.3 is 5.97 Å². The van der Waals surface area contributed by atoms with E-state index in [1.165, 1.54) is 11.5 Å². The number of rotatable bonds is 6. The molecule has 0 saturated heterocycles. The Hall–Kier alpha value is -1.10. The third-order valence-electron chi connectivity index (χ3n) is 2.27. The number of nitrogens with one attached hydrogen (secondary N) is 1. The Morgan fingerprint density at radius 2 is 2.25 bits per heavy atom. The zero-order chi connectivity index (χ0) is 12.0. The third kappa shape index (κ3) is 3.20. The molecule has 5 heteroatoms. The fourth-order valence-corrected chi connectivity index (χ4v) is 2.10.